The fraction of sp³-hybridized carbons (Fsp3) is 0.214. The quantitative estimate of drug-likeness (QED) is 0.722. The van der Waals surface area contributed by atoms with E-state index in [1.165, 1.54) is 16.3 Å². The number of aryl methyl sites for hydroxylation is 1. The molecule has 0 aliphatic carbocycles. The Balaban J connectivity index is 2.21. The minimum absolute atomic E-state index is 0.0842. The zero-order valence-corrected chi connectivity index (χ0v) is 9.44. The van der Waals surface area contributed by atoms with E-state index < -0.39 is 6.04 Å². The lowest BCUT2D eigenvalue weighted by atomic mass is 9.99. The molecule has 0 aromatic heterocycles. The third-order valence-corrected chi connectivity index (χ3v) is 3.34. The topological polar surface area (TPSA) is 55.1 Å². The summed E-state index contributed by atoms with van der Waals surface area (Å²) in [6.45, 7) is 0. The molecule has 1 aliphatic rings. The van der Waals surface area contributed by atoms with Gasteiger partial charge in [-0.15, -0.1) is 0 Å². The van der Waals surface area contributed by atoms with Crippen LogP contribution in [0.1, 0.15) is 12.0 Å². The second-order valence-electron chi connectivity index (χ2n) is 4.45. The zero-order valence-electron chi connectivity index (χ0n) is 9.44. The number of carbonyl (C=O) groups excluding carboxylic acids is 1. The second kappa shape index (κ2) is 3.86. The molecule has 1 heterocycles. The van der Waals surface area contributed by atoms with E-state index in [2.05, 4.69) is 17.4 Å². The molecule has 0 saturated carbocycles. The van der Waals surface area contributed by atoms with Crippen molar-refractivity contribution in [2.24, 2.45) is 5.73 Å². The molecule has 17 heavy (non-hydrogen) atoms. The Hall–Kier alpha value is -1.87. The van der Waals surface area contributed by atoms with E-state index in [1.807, 2.05) is 24.3 Å². The lowest BCUT2D eigenvalue weighted by Crippen LogP contribution is -2.34. The van der Waals surface area contributed by atoms with Crippen LogP contribution in [0.15, 0.2) is 36.4 Å². The van der Waals surface area contributed by atoms with Gasteiger partial charge in [0, 0.05) is 5.69 Å². The molecule has 1 atom stereocenters. The first-order valence-corrected chi connectivity index (χ1v) is 5.83. The van der Waals surface area contributed by atoms with Crippen molar-refractivity contribution in [2.75, 3.05) is 5.32 Å². The molecule has 0 saturated heterocycles. The number of nitrogens with two attached hydrogens (primary N) is 1. The number of carbonyl (C=O) groups is 1. The molecule has 0 fully saturated rings. The summed E-state index contributed by atoms with van der Waals surface area (Å²) in [5, 5.41) is 5.31. The highest BCUT2D eigenvalue weighted by Crippen LogP contribution is 2.29. The summed E-state index contributed by atoms with van der Waals surface area (Å²) >= 11 is 0. The number of rotatable bonds is 0. The number of benzene rings is 2. The Morgan fingerprint density at radius 3 is 2.88 bits per heavy atom. The third-order valence-electron chi connectivity index (χ3n) is 3.34. The van der Waals surface area contributed by atoms with Gasteiger partial charge < -0.3 is 11.1 Å². The van der Waals surface area contributed by atoms with Crippen LogP contribution in [0.2, 0.25) is 0 Å². The molecule has 86 valence electrons. The van der Waals surface area contributed by atoms with Crippen molar-refractivity contribution in [1.82, 2.24) is 0 Å². The highest BCUT2D eigenvalue weighted by atomic mass is 16.2. The predicted molar refractivity (Wildman–Crippen MR) is 68.9 cm³/mol. The predicted octanol–water partition coefficient (Wildman–Crippen LogP) is 2.05. The van der Waals surface area contributed by atoms with Crippen LogP contribution in [0.4, 0.5) is 5.69 Å². The summed E-state index contributed by atoms with van der Waals surface area (Å²) in [6, 6.07) is 11.8. The first-order chi connectivity index (χ1) is 8.25. The highest BCUT2D eigenvalue weighted by molar-refractivity contribution is 6.00. The smallest absolute Gasteiger partial charge is 0.241 e. The Labute approximate surface area is 99.6 Å². The van der Waals surface area contributed by atoms with Crippen LogP contribution in [-0.4, -0.2) is 11.9 Å². The maximum atomic E-state index is 11.7. The lowest BCUT2D eigenvalue weighted by molar-refractivity contribution is -0.117. The van der Waals surface area contributed by atoms with Gasteiger partial charge in [0.25, 0.3) is 0 Å². The van der Waals surface area contributed by atoms with E-state index >= 15 is 0 Å². The number of fused-ring (bicyclic) bond motifs is 3. The average molecular weight is 226 g/mol. The lowest BCUT2D eigenvalue weighted by Gasteiger charge is -2.10. The normalized spacial score (nSPS) is 19.6. The van der Waals surface area contributed by atoms with E-state index in [1.54, 1.807) is 0 Å². The molecule has 1 amide bonds. The first-order valence-electron chi connectivity index (χ1n) is 5.83. The van der Waals surface area contributed by atoms with Gasteiger partial charge in [0.05, 0.1) is 6.04 Å². The molecule has 1 aliphatic heterocycles. The van der Waals surface area contributed by atoms with Crippen molar-refractivity contribution in [3.8, 4) is 0 Å². The minimum atomic E-state index is -0.402. The van der Waals surface area contributed by atoms with Gasteiger partial charge >= 0.3 is 0 Å². The number of hydrogen-bond acceptors (Lipinski definition) is 2. The molecule has 3 N–H and O–H groups in total. The number of hydrogen-bond donors (Lipinski definition) is 2. The van der Waals surface area contributed by atoms with Crippen LogP contribution in [0.5, 0.6) is 0 Å². The van der Waals surface area contributed by atoms with Crippen molar-refractivity contribution >= 4 is 22.4 Å². The van der Waals surface area contributed by atoms with Crippen molar-refractivity contribution in [3.05, 3.63) is 42.0 Å². The van der Waals surface area contributed by atoms with Crippen LogP contribution in [0.25, 0.3) is 10.8 Å². The van der Waals surface area contributed by atoms with Crippen LogP contribution < -0.4 is 11.1 Å². The van der Waals surface area contributed by atoms with E-state index in [0.717, 1.165) is 12.1 Å². The summed E-state index contributed by atoms with van der Waals surface area (Å²) in [5.41, 5.74) is 7.89. The molecule has 3 heteroatoms. The molecule has 2 aromatic carbocycles. The van der Waals surface area contributed by atoms with Gasteiger partial charge in [0.2, 0.25) is 5.91 Å². The number of anilines is 1. The summed E-state index contributed by atoms with van der Waals surface area (Å²) in [7, 11) is 0. The summed E-state index contributed by atoms with van der Waals surface area (Å²) in [5.74, 6) is -0.0842. The van der Waals surface area contributed by atoms with Gasteiger partial charge in [-0.2, -0.15) is 0 Å². The van der Waals surface area contributed by atoms with Gasteiger partial charge in [-0.1, -0.05) is 30.3 Å². The number of amides is 1. The third kappa shape index (κ3) is 1.68. The molecule has 0 unspecified atom stereocenters. The summed E-state index contributed by atoms with van der Waals surface area (Å²) in [4.78, 5) is 11.7. The Bertz CT molecular complexity index is 592. The van der Waals surface area contributed by atoms with Gasteiger partial charge in [-0.05, 0) is 35.2 Å². The SMILES string of the molecule is N[C@@H]1CCc2c(ccc3ccccc23)NC1=O. The van der Waals surface area contributed by atoms with Gasteiger partial charge in [0.1, 0.15) is 0 Å². The van der Waals surface area contributed by atoms with Gasteiger partial charge in [0.15, 0.2) is 0 Å². The largest absolute Gasteiger partial charge is 0.324 e. The van der Waals surface area contributed by atoms with Crippen molar-refractivity contribution in [2.45, 2.75) is 18.9 Å². The number of nitrogens with one attached hydrogen (secondary N) is 1. The van der Waals surface area contributed by atoms with Gasteiger partial charge in [-0.3, -0.25) is 4.79 Å². The fourth-order valence-corrected chi connectivity index (χ4v) is 2.38. The average Bonchev–Trinajstić information content (AvgIpc) is 2.50. The van der Waals surface area contributed by atoms with Gasteiger partial charge in [-0.25, -0.2) is 0 Å². The summed E-state index contributed by atoms with van der Waals surface area (Å²) < 4.78 is 0. The minimum Gasteiger partial charge on any atom is -0.324 e. The Morgan fingerprint density at radius 1 is 1.18 bits per heavy atom. The van der Waals surface area contributed by atoms with E-state index in [9.17, 15) is 4.79 Å². The van der Waals surface area contributed by atoms with Crippen molar-refractivity contribution in [1.29, 1.82) is 0 Å². The maximum absolute atomic E-state index is 11.7. The Morgan fingerprint density at radius 2 is 2.00 bits per heavy atom. The molecular weight excluding hydrogens is 212 g/mol. The van der Waals surface area contributed by atoms with Crippen molar-refractivity contribution in [3.63, 3.8) is 0 Å². The fourth-order valence-electron chi connectivity index (χ4n) is 2.38. The monoisotopic (exact) mass is 226 g/mol. The van der Waals surface area contributed by atoms with E-state index in [-0.39, 0.29) is 5.91 Å². The van der Waals surface area contributed by atoms with E-state index in [0.29, 0.717) is 6.42 Å². The zero-order chi connectivity index (χ0) is 11.8. The second-order valence-corrected chi connectivity index (χ2v) is 4.45. The maximum Gasteiger partial charge on any atom is 0.241 e. The molecule has 2 aromatic rings. The molecule has 0 bridgehead atoms. The molecule has 0 radical (unpaired) electrons. The Kier molecular flexibility index (Phi) is 2.34. The standard InChI is InChI=1S/C14H14N2O/c15-12-7-6-11-10-4-2-1-3-9(10)5-8-13(11)16-14(12)17/h1-5,8,12H,6-7,15H2,(H,16,17)/t12-/m1/s1. The highest BCUT2D eigenvalue weighted by Gasteiger charge is 2.20. The molecular formula is C14H14N2O. The van der Waals surface area contributed by atoms with Crippen LogP contribution in [0, 0.1) is 0 Å². The van der Waals surface area contributed by atoms with Crippen LogP contribution >= 0.6 is 0 Å². The first kappa shape index (κ1) is 10.3. The van der Waals surface area contributed by atoms with Crippen LogP contribution in [-0.2, 0) is 11.2 Å². The van der Waals surface area contributed by atoms with E-state index in [4.69, 9.17) is 5.73 Å². The molecule has 3 nitrogen and oxygen atoms in total. The van der Waals surface area contributed by atoms with Crippen molar-refractivity contribution < 1.29 is 4.79 Å². The summed E-state index contributed by atoms with van der Waals surface area (Å²) in [6.07, 6.45) is 1.55. The molecule has 0 spiro atoms. The van der Waals surface area contributed by atoms with Crippen LogP contribution in [0.3, 0.4) is 0 Å². The molecule has 3 rings (SSSR count).